The third-order valence-corrected chi connectivity index (χ3v) is 2.39. The van der Waals surface area contributed by atoms with Crippen LogP contribution in [0.4, 0.5) is 0 Å². The number of furan rings is 1. The molecule has 0 aliphatic heterocycles. The van der Waals surface area contributed by atoms with Crippen LogP contribution in [-0.2, 0) is 10.1 Å². The monoisotopic (exact) mass is 229 g/mol. The fraction of sp³-hybridized carbons (Fsp3) is 0.200. The Morgan fingerprint density at radius 1 is 1.47 bits per heavy atom. The standard InChI is InChI=1S/C8H6O.C2H6O3S/c1-2-4-8-7(3-1)5-6-9-8;1-2-6(3,4)5/h1-6H;2H2,1H3,(H,3,4,5)/i1D;. The Bertz CT molecular complexity index is 559. The first-order valence-corrected chi connectivity index (χ1v) is 5.92. The lowest BCUT2D eigenvalue weighted by Crippen LogP contribution is -1.97. The molecule has 82 valence electrons. The molecule has 0 saturated heterocycles. The molecule has 4 nitrogen and oxygen atoms in total. The van der Waals surface area contributed by atoms with Crippen LogP contribution in [0, 0.1) is 0 Å². The minimum atomic E-state index is -3.66. The molecule has 0 aliphatic rings. The first kappa shape index (κ1) is 10.2. The van der Waals surface area contributed by atoms with Crippen LogP contribution in [0.3, 0.4) is 0 Å². The fourth-order valence-corrected chi connectivity index (χ4v) is 0.847. The van der Waals surface area contributed by atoms with E-state index < -0.39 is 10.1 Å². The van der Waals surface area contributed by atoms with Gasteiger partial charge in [0.25, 0.3) is 10.1 Å². The lowest BCUT2D eigenvalue weighted by Gasteiger charge is -1.81. The van der Waals surface area contributed by atoms with Gasteiger partial charge >= 0.3 is 0 Å². The van der Waals surface area contributed by atoms with Crippen LogP contribution in [0.5, 0.6) is 0 Å². The highest BCUT2D eigenvalue weighted by Crippen LogP contribution is 2.12. The number of benzene rings is 1. The van der Waals surface area contributed by atoms with Crippen molar-refractivity contribution < 1.29 is 18.8 Å². The van der Waals surface area contributed by atoms with Crippen LogP contribution < -0.4 is 0 Å². The van der Waals surface area contributed by atoms with Crippen LogP contribution in [0.25, 0.3) is 11.0 Å². The zero-order valence-corrected chi connectivity index (χ0v) is 8.99. The molecule has 5 heteroatoms. The van der Waals surface area contributed by atoms with Gasteiger partial charge in [0.2, 0.25) is 0 Å². The molecule has 1 heterocycles. The van der Waals surface area contributed by atoms with Crippen molar-refractivity contribution in [3.05, 3.63) is 36.6 Å². The Morgan fingerprint density at radius 3 is 2.73 bits per heavy atom. The summed E-state index contributed by atoms with van der Waals surface area (Å²) in [5.74, 6) is -0.201. The number of rotatable bonds is 1. The molecule has 2 aromatic rings. The van der Waals surface area contributed by atoms with Gasteiger partial charge in [0.05, 0.1) is 13.4 Å². The van der Waals surface area contributed by atoms with Crippen LogP contribution in [0.15, 0.2) is 41.0 Å². The van der Waals surface area contributed by atoms with Gasteiger partial charge in [0, 0.05) is 5.39 Å². The van der Waals surface area contributed by atoms with Gasteiger partial charge in [-0.15, -0.1) is 0 Å². The van der Waals surface area contributed by atoms with Gasteiger partial charge in [0.1, 0.15) is 5.58 Å². The predicted octanol–water partition coefficient (Wildman–Crippen LogP) is 2.33. The fourth-order valence-electron chi connectivity index (χ4n) is 0.847. The maximum absolute atomic E-state index is 9.56. The molecule has 0 saturated carbocycles. The summed E-state index contributed by atoms with van der Waals surface area (Å²) in [6.45, 7) is 1.37. The Balaban J connectivity index is 0.000000187. The number of hydrogen-bond acceptors (Lipinski definition) is 3. The largest absolute Gasteiger partial charge is 0.464 e. The summed E-state index contributed by atoms with van der Waals surface area (Å²) in [6.07, 6.45) is 1.63. The molecular formula is C10H12O4S. The van der Waals surface area contributed by atoms with Gasteiger partial charge in [-0.25, -0.2) is 0 Å². The Kier molecular flexibility index (Phi) is 3.37. The number of para-hydroxylation sites is 1. The molecule has 0 fully saturated rings. The Labute approximate surface area is 89.7 Å². The average molecular weight is 229 g/mol. The second-order valence-corrected chi connectivity index (χ2v) is 4.50. The van der Waals surface area contributed by atoms with Crippen molar-refractivity contribution in [1.29, 1.82) is 0 Å². The van der Waals surface area contributed by atoms with Crippen molar-refractivity contribution in [3.8, 4) is 0 Å². The van der Waals surface area contributed by atoms with Crippen LogP contribution in [0.2, 0.25) is 0 Å². The summed E-state index contributed by atoms with van der Waals surface area (Å²) >= 11 is 0. The molecule has 0 aliphatic carbocycles. The second kappa shape index (κ2) is 4.95. The molecule has 0 spiro atoms. The van der Waals surface area contributed by atoms with Gasteiger partial charge in [-0.3, -0.25) is 4.55 Å². The molecule has 1 aromatic carbocycles. The van der Waals surface area contributed by atoms with Crippen molar-refractivity contribution in [2.45, 2.75) is 6.92 Å². The zero-order valence-electron chi connectivity index (χ0n) is 9.17. The van der Waals surface area contributed by atoms with Crippen LogP contribution in [0.1, 0.15) is 8.29 Å². The van der Waals surface area contributed by atoms with Gasteiger partial charge in [0.15, 0.2) is 0 Å². The molecular weight excluding hydrogens is 216 g/mol. The Morgan fingerprint density at radius 2 is 2.13 bits per heavy atom. The molecule has 0 amide bonds. The molecule has 0 radical (unpaired) electrons. The highest BCUT2D eigenvalue weighted by Gasteiger charge is 1.93. The SMILES string of the molecule is CCS(=O)(=O)O.[2H]c1ccc2occc2c1. The van der Waals surface area contributed by atoms with Crippen LogP contribution in [-0.4, -0.2) is 18.7 Å². The van der Waals surface area contributed by atoms with Crippen molar-refractivity contribution in [3.63, 3.8) is 0 Å². The van der Waals surface area contributed by atoms with Crippen molar-refractivity contribution in [2.24, 2.45) is 0 Å². The van der Waals surface area contributed by atoms with E-state index in [1.54, 1.807) is 24.5 Å². The van der Waals surface area contributed by atoms with Crippen molar-refractivity contribution in [1.82, 2.24) is 0 Å². The highest BCUT2D eigenvalue weighted by atomic mass is 32.2. The van der Waals surface area contributed by atoms with Crippen LogP contribution >= 0.6 is 0 Å². The van der Waals surface area contributed by atoms with E-state index in [0.29, 0.717) is 6.04 Å². The normalized spacial score (nSPS) is 11.7. The summed E-state index contributed by atoms with van der Waals surface area (Å²) in [6, 6.07) is 7.67. The maximum atomic E-state index is 9.56. The summed E-state index contributed by atoms with van der Waals surface area (Å²) < 4.78 is 39.3. The Hall–Kier alpha value is -1.33. The second-order valence-electron chi connectivity index (χ2n) is 2.76. The van der Waals surface area contributed by atoms with Gasteiger partial charge < -0.3 is 4.42 Å². The predicted molar refractivity (Wildman–Crippen MR) is 58.3 cm³/mol. The molecule has 0 bridgehead atoms. The minimum Gasteiger partial charge on any atom is -0.464 e. The maximum Gasteiger partial charge on any atom is 0.264 e. The van der Waals surface area contributed by atoms with E-state index >= 15 is 0 Å². The third kappa shape index (κ3) is 4.14. The minimum absolute atomic E-state index is 0.201. The molecule has 1 N–H and O–H groups in total. The zero-order chi connectivity index (χ0) is 12.2. The molecule has 0 atom stereocenters. The summed E-state index contributed by atoms with van der Waals surface area (Å²) in [5, 5.41) is 0.993. The lowest BCUT2D eigenvalue weighted by atomic mass is 10.3. The van der Waals surface area contributed by atoms with Crippen molar-refractivity contribution in [2.75, 3.05) is 5.75 Å². The quantitative estimate of drug-likeness (QED) is 0.762. The average Bonchev–Trinajstić information content (AvgIpc) is 2.64. The summed E-state index contributed by atoms with van der Waals surface area (Å²) in [7, 11) is -3.66. The topological polar surface area (TPSA) is 67.5 Å². The van der Waals surface area contributed by atoms with Gasteiger partial charge in [-0.2, -0.15) is 8.42 Å². The highest BCUT2D eigenvalue weighted by molar-refractivity contribution is 7.85. The molecule has 0 unspecified atom stereocenters. The third-order valence-electron chi connectivity index (χ3n) is 1.66. The molecule has 1 aromatic heterocycles. The molecule has 15 heavy (non-hydrogen) atoms. The summed E-state index contributed by atoms with van der Waals surface area (Å²) in [4.78, 5) is 0. The van der Waals surface area contributed by atoms with Gasteiger partial charge in [-0.05, 0) is 19.1 Å². The van der Waals surface area contributed by atoms with E-state index in [-0.39, 0.29) is 5.75 Å². The smallest absolute Gasteiger partial charge is 0.264 e. The summed E-state index contributed by atoms with van der Waals surface area (Å²) in [5.41, 5.74) is 0.844. The molecule has 2 rings (SSSR count). The first-order valence-electron chi connectivity index (χ1n) is 4.81. The number of fused-ring (bicyclic) bond motifs is 1. The van der Waals surface area contributed by atoms with Gasteiger partial charge in [-0.1, -0.05) is 18.2 Å². The van der Waals surface area contributed by atoms with E-state index in [4.69, 9.17) is 10.3 Å². The van der Waals surface area contributed by atoms with E-state index in [2.05, 4.69) is 0 Å². The number of hydrogen-bond donors (Lipinski definition) is 1. The van der Waals surface area contributed by atoms with Crippen molar-refractivity contribution >= 4 is 21.1 Å². The van der Waals surface area contributed by atoms with E-state index in [0.717, 1.165) is 11.0 Å². The first-order chi connectivity index (χ1) is 7.42. The van der Waals surface area contributed by atoms with E-state index in [9.17, 15) is 8.42 Å². The lowest BCUT2D eigenvalue weighted by molar-refractivity contribution is 0.484. The van der Waals surface area contributed by atoms with E-state index in [1.165, 1.54) is 6.92 Å². The van der Waals surface area contributed by atoms with E-state index in [1.807, 2.05) is 6.07 Å².